The predicted molar refractivity (Wildman–Crippen MR) is 56.9 cm³/mol. The van der Waals surface area contributed by atoms with Gasteiger partial charge in [0.2, 0.25) is 0 Å². The summed E-state index contributed by atoms with van der Waals surface area (Å²) in [6.45, 7) is 2.91. The summed E-state index contributed by atoms with van der Waals surface area (Å²) in [5.41, 5.74) is 4.38. The van der Waals surface area contributed by atoms with Crippen molar-refractivity contribution in [2.45, 2.75) is 26.2 Å². The largest absolute Gasteiger partial charge is 0.304 e. The first-order chi connectivity index (χ1) is 6.79. The van der Waals surface area contributed by atoms with Gasteiger partial charge in [-0.2, -0.15) is 0 Å². The van der Waals surface area contributed by atoms with Gasteiger partial charge < -0.3 is 4.84 Å². The van der Waals surface area contributed by atoms with E-state index in [1.165, 1.54) is 29.5 Å². The van der Waals surface area contributed by atoms with E-state index in [1.54, 1.807) is 0 Å². The van der Waals surface area contributed by atoms with Crippen molar-refractivity contribution in [3.05, 3.63) is 34.9 Å². The molecular formula is C12H17NO. The molecule has 2 rings (SSSR count). The quantitative estimate of drug-likeness (QED) is 0.740. The predicted octanol–water partition coefficient (Wildman–Crippen LogP) is 1.85. The van der Waals surface area contributed by atoms with Crippen LogP contribution in [0.5, 0.6) is 0 Å². The van der Waals surface area contributed by atoms with Crippen molar-refractivity contribution in [1.82, 2.24) is 0 Å². The lowest BCUT2D eigenvalue weighted by Crippen LogP contribution is -2.03. The Hall–Kier alpha value is -0.860. The van der Waals surface area contributed by atoms with E-state index in [2.05, 4.69) is 30.0 Å². The Kier molecular flexibility index (Phi) is 2.85. The first-order valence-electron chi connectivity index (χ1n) is 5.22. The highest BCUT2D eigenvalue weighted by molar-refractivity contribution is 5.36. The van der Waals surface area contributed by atoms with Gasteiger partial charge in [0.1, 0.15) is 0 Å². The monoisotopic (exact) mass is 191 g/mol. The van der Waals surface area contributed by atoms with Gasteiger partial charge in [0.25, 0.3) is 0 Å². The molecule has 1 aromatic carbocycles. The number of hydrogen-bond acceptors (Lipinski definition) is 2. The summed E-state index contributed by atoms with van der Waals surface area (Å²) in [6.07, 6.45) is 3.38. The molecule has 0 saturated carbocycles. The Morgan fingerprint density at radius 3 is 2.93 bits per heavy atom. The molecule has 2 nitrogen and oxygen atoms in total. The van der Waals surface area contributed by atoms with Crippen LogP contribution in [0, 0.1) is 5.92 Å². The molecular weight excluding hydrogens is 174 g/mol. The third-order valence-corrected chi connectivity index (χ3v) is 2.92. The molecule has 14 heavy (non-hydrogen) atoms. The third-order valence-electron chi connectivity index (χ3n) is 2.92. The van der Waals surface area contributed by atoms with Crippen molar-refractivity contribution in [3.63, 3.8) is 0 Å². The lowest BCUT2D eigenvalue weighted by atomic mass is 10.0. The fourth-order valence-corrected chi connectivity index (χ4v) is 2.22. The van der Waals surface area contributed by atoms with Crippen LogP contribution < -0.4 is 5.90 Å². The van der Waals surface area contributed by atoms with E-state index in [0.29, 0.717) is 6.61 Å². The summed E-state index contributed by atoms with van der Waals surface area (Å²) >= 11 is 0. The van der Waals surface area contributed by atoms with Crippen molar-refractivity contribution in [3.8, 4) is 0 Å². The summed E-state index contributed by atoms with van der Waals surface area (Å²) in [4.78, 5) is 4.59. The van der Waals surface area contributed by atoms with Gasteiger partial charge in [0.05, 0.1) is 6.61 Å². The van der Waals surface area contributed by atoms with Crippen molar-refractivity contribution in [1.29, 1.82) is 0 Å². The molecule has 76 valence electrons. The number of benzene rings is 1. The molecule has 1 aliphatic rings. The summed E-state index contributed by atoms with van der Waals surface area (Å²) in [7, 11) is 0. The van der Waals surface area contributed by atoms with Crippen LogP contribution in [0.15, 0.2) is 18.2 Å². The lowest BCUT2D eigenvalue weighted by molar-refractivity contribution is 0.141. The van der Waals surface area contributed by atoms with Crippen LogP contribution in [0.3, 0.4) is 0 Å². The Balaban J connectivity index is 2.12. The van der Waals surface area contributed by atoms with Crippen LogP contribution in [0.2, 0.25) is 0 Å². The van der Waals surface area contributed by atoms with Crippen LogP contribution >= 0.6 is 0 Å². The van der Waals surface area contributed by atoms with E-state index in [-0.39, 0.29) is 0 Å². The van der Waals surface area contributed by atoms with Crippen molar-refractivity contribution in [2.24, 2.45) is 11.8 Å². The standard InChI is InChI=1S/C12H17NO/c1-9-6-11-3-2-10(4-5-14-13)8-12(11)7-9/h2-3,8-9H,4-7,13H2,1H3. The minimum atomic E-state index is 0.605. The van der Waals surface area contributed by atoms with Gasteiger partial charge in [-0.15, -0.1) is 0 Å². The van der Waals surface area contributed by atoms with Crippen LogP contribution in [0.1, 0.15) is 23.6 Å². The second kappa shape index (κ2) is 4.11. The smallest absolute Gasteiger partial charge is 0.0719 e. The highest BCUT2D eigenvalue weighted by atomic mass is 16.6. The van der Waals surface area contributed by atoms with Gasteiger partial charge >= 0.3 is 0 Å². The maximum Gasteiger partial charge on any atom is 0.0719 e. The van der Waals surface area contributed by atoms with Gasteiger partial charge in [0.15, 0.2) is 0 Å². The molecule has 1 atom stereocenters. The Morgan fingerprint density at radius 1 is 1.36 bits per heavy atom. The summed E-state index contributed by atoms with van der Waals surface area (Å²) in [6, 6.07) is 6.75. The molecule has 0 bridgehead atoms. The molecule has 0 fully saturated rings. The van der Waals surface area contributed by atoms with Crippen LogP contribution in [0.25, 0.3) is 0 Å². The first kappa shape index (κ1) is 9.69. The van der Waals surface area contributed by atoms with Crippen LogP contribution in [-0.4, -0.2) is 6.61 Å². The molecule has 0 heterocycles. The zero-order valence-corrected chi connectivity index (χ0v) is 8.62. The number of rotatable bonds is 3. The van der Waals surface area contributed by atoms with Gasteiger partial charge in [0, 0.05) is 0 Å². The molecule has 1 aliphatic carbocycles. The fraction of sp³-hybridized carbons (Fsp3) is 0.500. The van der Waals surface area contributed by atoms with Gasteiger partial charge in [-0.3, -0.25) is 0 Å². The van der Waals surface area contributed by atoms with Crippen molar-refractivity contribution >= 4 is 0 Å². The maximum absolute atomic E-state index is 5.01. The van der Waals surface area contributed by atoms with Crippen molar-refractivity contribution in [2.75, 3.05) is 6.61 Å². The van der Waals surface area contributed by atoms with E-state index in [4.69, 9.17) is 5.90 Å². The van der Waals surface area contributed by atoms with E-state index < -0.39 is 0 Å². The van der Waals surface area contributed by atoms with Crippen LogP contribution in [-0.2, 0) is 24.1 Å². The van der Waals surface area contributed by atoms with Crippen LogP contribution in [0.4, 0.5) is 0 Å². The summed E-state index contributed by atoms with van der Waals surface area (Å²) in [5.74, 6) is 5.82. The molecule has 0 saturated heterocycles. The van der Waals surface area contributed by atoms with E-state index in [9.17, 15) is 0 Å². The first-order valence-corrected chi connectivity index (χ1v) is 5.22. The summed E-state index contributed by atoms with van der Waals surface area (Å²) < 4.78 is 0. The highest BCUT2D eigenvalue weighted by Crippen LogP contribution is 2.27. The Bertz CT molecular complexity index is 322. The molecule has 2 N–H and O–H groups in total. The van der Waals surface area contributed by atoms with Gasteiger partial charge in [-0.1, -0.05) is 25.1 Å². The molecule has 1 unspecified atom stereocenters. The highest BCUT2D eigenvalue weighted by Gasteiger charge is 2.17. The van der Waals surface area contributed by atoms with Gasteiger partial charge in [-0.05, 0) is 41.9 Å². The zero-order valence-electron chi connectivity index (χ0n) is 8.62. The topological polar surface area (TPSA) is 35.2 Å². The van der Waals surface area contributed by atoms with E-state index in [1.807, 2.05) is 0 Å². The van der Waals surface area contributed by atoms with E-state index >= 15 is 0 Å². The normalized spacial score (nSPS) is 19.7. The minimum absolute atomic E-state index is 0.605. The average molecular weight is 191 g/mol. The molecule has 0 radical (unpaired) electrons. The molecule has 1 aromatic rings. The second-order valence-electron chi connectivity index (χ2n) is 4.24. The van der Waals surface area contributed by atoms with Gasteiger partial charge in [-0.25, -0.2) is 5.90 Å². The Morgan fingerprint density at radius 2 is 2.14 bits per heavy atom. The van der Waals surface area contributed by atoms with E-state index in [0.717, 1.165) is 12.3 Å². The molecule has 0 spiro atoms. The second-order valence-corrected chi connectivity index (χ2v) is 4.24. The average Bonchev–Trinajstić information content (AvgIpc) is 2.54. The molecule has 2 heteroatoms. The zero-order chi connectivity index (χ0) is 9.97. The SMILES string of the molecule is CC1Cc2ccc(CCON)cc2C1. The Labute approximate surface area is 85.0 Å². The number of nitrogens with two attached hydrogens (primary N) is 1. The molecule has 0 aromatic heterocycles. The number of hydrogen-bond donors (Lipinski definition) is 1. The summed E-state index contributed by atoms with van der Waals surface area (Å²) in [5, 5.41) is 0. The minimum Gasteiger partial charge on any atom is -0.304 e. The third kappa shape index (κ3) is 1.97. The fourth-order valence-electron chi connectivity index (χ4n) is 2.22. The van der Waals surface area contributed by atoms with Crippen molar-refractivity contribution < 1.29 is 4.84 Å². The lowest BCUT2D eigenvalue weighted by Gasteiger charge is -2.03. The number of fused-ring (bicyclic) bond motifs is 1. The molecule has 0 aliphatic heterocycles. The molecule has 0 amide bonds. The maximum atomic E-state index is 5.01.